The van der Waals surface area contributed by atoms with Crippen molar-refractivity contribution in [2.75, 3.05) is 11.1 Å². The number of benzene rings is 2. The van der Waals surface area contributed by atoms with Crippen molar-refractivity contribution in [2.45, 2.75) is 21.9 Å². The van der Waals surface area contributed by atoms with Crippen molar-refractivity contribution in [3.8, 4) is 0 Å². The SMILES string of the molecule is Cc1cc(F)ccc1NC(=O)CSc1nccnc1Sc1ccccc1. The molecule has 1 heterocycles. The van der Waals surface area contributed by atoms with Crippen LogP contribution in [-0.2, 0) is 4.79 Å². The smallest absolute Gasteiger partial charge is 0.234 e. The van der Waals surface area contributed by atoms with Crippen molar-refractivity contribution in [3.63, 3.8) is 0 Å². The van der Waals surface area contributed by atoms with E-state index in [1.165, 1.54) is 35.7 Å². The maximum absolute atomic E-state index is 13.1. The summed E-state index contributed by atoms with van der Waals surface area (Å²) in [6.45, 7) is 1.75. The van der Waals surface area contributed by atoms with Crippen LogP contribution in [0.3, 0.4) is 0 Å². The number of carbonyl (C=O) groups excluding carboxylic acids is 1. The Morgan fingerprint density at radius 3 is 2.54 bits per heavy atom. The molecule has 4 nitrogen and oxygen atoms in total. The molecule has 0 aliphatic carbocycles. The first-order chi connectivity index (χ1) is 12.6. The molecule has 0 unspecified atom stereocenters. The van der Waals surface area contributed by atoms with E-state index in [1.807, 2.05) is 30.3 Å². The fourth-order valence-electron chi connectivity index (χ4n) is 2.17. The topological polar surface area (TPSA) is 54.9 Å². The Labute approximate surface area is 159 Å². The fraction of sp³-hybridized carbons (Fsp3) is 0.105. The molecule has 0 atom stereocenters. The molecule has 1 amide bonds. The molecule has 7 heteroatoms. The zero-order valence-corrected chi connectivity index (χ0v) is 15.6. The maximum atomic E-state index is 13.1. The van der Waals surface area contributed by atoms with E-state index in [0.29, 0.717) is 16.3 Å². The van der Waals surface area contributed by atoms with Gasteiger partial charge in [-0.15, -0.1) is 0 Å². The zero-order valence-electron chi connectivity index (χ0n) is 14.0. The van der Waals surface area contributed by atoms with E-state index in [0.717, 1.165) is 9.92 Å². The van der Waals surface area contributed by atoms with Crippen LogP contribution >= 0.6 is 23.5 Å². The first-order valence-corrected chi connectivity index (χ1v) is 9.65. The second kappa shape index (κ2) is 8.82. The second-order valence-electron chi connectivity index (χ2n) is 5.38. The standard InChI is InChI=1S/C19H16FN3OS2/c1-13-11-14(20)7-8-16(13)23-17(24)12-25-18-19(22-10-9-21-18)26-15-5-3-2-4-6-15/h2-11H,12H2,1H3,(H,23,24). The van der Waals surface area contributed by atoms with Crippen LogP contribution in [0.4, 0.5) is 10.1 Å². The van der Waals surface area contributed by atoms with E-state index in [2.05, 4.69) is 15.3 Å². The summed E-state index contributed by atoms with van der Waals surface area (Å²) in [5, 5.41) is 4.26. The van der Waals surface area contributed by atoms with Crippen LogP contribution in [0.2, 0.25) is 0 Å². The molecule has 0 fully saturated rings. The molecule has 26 heavy (non-hydrogen) atoms. The number of carbonyl (C=O) groups is 1. The Hall–Kier alpha value is -2.38. The van der Waals surface area contributed by atoms with Crippen molar-refractivity contribution < 1.29 is 9.18 Å². The molecule has 0 bridgehead atoms. The summed E-state index contributed by atoms with van der Waals surface area (Å²) in [7, 11) is 0. The summed E-state index contributed by atoms with van der Waals surface area (Å²) in [6.07, 6.45) is 3.25. The van der Waals surface area contributed by atoms with Crippen molar-refractivity contribution in [3.05, 3.63) is 72.3 Å². The summed E-state index contributed by atoms with van der Waals surface area (Å²) in [4.78, 5) is 22.0. The molecule has 132 valence electrons. The van der Waals surface area contributed by atoms with Gasteiger partial charge in [0.25, 0.3) is 0 Å². The quantitative estimate of drug-likeness (QED) is 0.618. The number of amides is 1. The number of anilines is 1. The highest BCUT2D eigenvalue weighted by molar-refractivity contribution is 8.02. The van der Waals surface area contributed by atoms with Gasteiger partial charge < -0.3 is 5.32 Å². The lowest BCUT2D eigenvalue weighted by Gasteiger charge is -2.09. The van der Waals surface area contributed by atoms with Gasteiger partial charge in [0, 0.05) is 23.0 Å². The van der Waals surface area contributed by atoms with E-state index in [4.69, 9.17) is 0 Å². The highest BCUT2D eigenvalue weighted by Crippen LogP contribution is 2.32. The lowest BCUT2D eigenvalue weighted by Crippen LogP contribution is -2.15. The van der Waals surface area contributed by atoms with Gasteiger partial charge in [0.05, 0.1) is 5.75 Å². The van der Waals surface area contributed by atoms with Gasteiger partial charge in [-0.3, -0.25) is 4.79 Å². The highest BCUT2D eigenvalue weighted by Gasteiger charge is 2.11. The molecule has 0 aliphatic rings. The lowest BCUT2D eigenvalue weighted by atomic mass is 10.2. The lowest BCUT2D eigenvalue weighted by molar-refractivity contribution is -0.113. The number of nitrogens with zero attached hydrogens (tertiary/aromatic N) is 2. The molecule has 1 N–H and O–H groups in total. The van der Waals surface area contributed by atoms with Crippen LogP contribution in [0.5, 0.6) is 0 Å². The summed E-state index contributed by atoms with van der Waals surface area (Å²) >= 11 is 2.83. The first kappa shape index (κ1) is 18.4. The molecule has 1 aromatic heterocycles. The first-order valence-electron chi connectivity index (χ1n) is 7.84. The molecular formula is C19H16FN3OS2. The van der Waals surface area contributed by atoms with Crippen LogP contribution < -0.4 is 5.32 Å². The van der Waals surface area contributed by atoms with Crippen LogP contribution in [0.1, 0.15) is 5.56 Å². The average molecular weight is 385 g/mol. The predicted octanol–water partition coefficient (Wildman–Crippen LogP) is 4.81. The number of halogens is 1. The van der Waals surface area contributed by atoms with E-state index in [1.54, 1.807) is 25.4 Å². The van der Waals surface area contributed by atoms with Crippen LogP contribution in [0.15, 0.2) is 75.9 Å². The molecule has 0 radical (unpaired) electrons. The Morgan fingerprint density at radius 1 is 1.08 bits per heavy atom. The van der Waals surface area contributed by atoms with E-state index in [-0.39, 0.29) is 17.5 Å². The normalized spacial score (nSPS) is 10.5. The third kappa shape index (κ3) is 5.06. The third-order valence-corrected chi connectivity index (χ3v) is 5.50. The van der Waals surface area contributed by atoms with Gasteiger partial charge in [-0.25, -0.2) is 14.4 Å². The summed E-state index contributed by atoms with van der Waals surface area (Å²) < 4.78 is 13.1. The van der Waals surface area contributed by atoms with E-state index >= 15 is 0 Å². The minimum atomic E-state index is -0.322. The Kier molecular flexibility index (Phi) is 6.25. The Balaban J connectivity index is 1.63. The Morgan fingerprint density at radius 2 is 1.81 bits per heavy atom. The van der Waals surface area contributed by atoms with Crippen LogP contribution in [0, 0.1) is 12.7 Å². The van der Waals surface area contributed by atoms with Gasteiger partial charge in [-0.2, -0.15) is 0 Å². The average Bonchev–Trinajstić information content (AvgIpc) is 2.64. The van der Waals surface area contributed by atoms with Gasteiger partial charge in [0.1, 0.15) is 15.9 Å². The number of thioether (sulfide) groups is 1. The number of hydrogen-bond donors (Lipinski definition) is 1. The van der Waals surface area contributed by atoms with Crippen molar-refractivity contribution in [2.24, 2.45) is 0 Å². The number of rotatable bonds is 6. The van der Waals surface area contributed by atoms with Crippen molar-refractivity contribution >= 4 is 35.1 Å². The summed E-state index contributed by atoms with van der Waals surface area (Å²) in [6, 6.07) is 14.2. The molecule has 2 aromatic carbocycles. The number of aryl methyl sites for hydroxylation is 1. The minimum absolute atomic E-state index is 0.175. The molecular weight excluding hydrogens is 369 g/mol. The second-order valence-corrected chi connectivity index (χ2v) is 7.40. The van der Waals surface area contributed by atoms with Crippen LogP contribution in [0.25, 0.3) is 0 Å². The molecule has 0 saturated heterocycles. The summed E-state index contributed by atoms with van der Waals surface area (Å²) in [5.41, 5.74) is 1.29. The highest BCUT2D eigenvalue weighted by atomic mass is 32.2. The molecule has 0 saturated carbocycles. The van der Waals surface area contributed by atoms with Crippen LogP contribution in [-0.4, -0.2) is 21.6 Å². The van der Waals surface area contributed by atoms with Crippen molar-refractivity contribution in [1.29, 1.82) is 0 Å². The number of hydrogen-bond acceptors (Lipinski definition) is 5. The third-order valence-electron chi connectivity index (χ3n) is 3.39. The van der Waals surface area contributed by atoms with E-state index in [9.17, 15) is 9.18 Å². The Bertz CT molecular complexity index is 906. The summed E-state index contributed by atoms with van der Waals surface area (Å²) in [5.74, 6) is -0.305. The number of aromatic nitrogens is 2. The van der Waals surface area contributed by atoms with Gasteiger partial charge in [-0.05, 0) is 42.8 Å². The maximum Gasteiger partial charge on any atom is 0.234 e. The monoisotopic (exact) mass is 385 g/mol. The molecule has 0 spiro atoms. The van der Waals surface area contributed by atoms with Gasteiger partial charge in [0.2, 0.25) is 5.91 Å². The van der Waals surface area contributed by atoms with Gasteiger partial charge in [0.15, 0.2) is 0 Å². The molecule has 3 rings (SSSR count). The number of nitrogens with one attached hydrogen (secondary N) is 1. The fourth-order valence-corrected chi connectivity index (χ4v) is 3.89. The molecule has 3 aromatic rings. The largest absolute Gasteiger partial charge is 0.325 e. The molecule has 0 aliphatic heterocycles. The zero-order chi connectivity index (χ0) is 18.4. The van der Waals surface area contributed by atoms with Gasteiger partial charge >= 0.3 is 0 Å². The van der Waals surface area contributed by atoms with Gasteiger partial charge in [-0.1, -0.05) is 41.7 Å². The van der Waals surface area contributed by atoms with E-state index < -0.39 is 0 Å². The minimum Gasteiger partial charge on any atom is -0.325 e. The predicted molar refractivity (Wildman–Crippen MR) is 103 cm³/mol. The van der Waals surface area contributed by atoms with Crippen molar-refractivity contribution in [1.82, 2.24) is 9.97 Å².